The lowest BCUT2D eigenvalue weighted by molar-refractivity contribution is -0.135. The second-order valence-electron chi connectivity index (χ2n) is 6.79. The van der Waals surface area contributed by atoms with Gasteiger partial charge in [-0.15, -0.1) is 11.3 Å². The van der Waals surface area contributed by atoms with Gasteiger partial charge in [0.1, 0.15) is 5.01 Å². The summed E-state index contributed by atoms with van der Waals surface area (Å²) < 4.78 is 6.87. The van der Waals surface area contributed by atoms with Crippen LogP contribution in [0.15, 0.2) is 24.3 Å². The van der Waals surface area contributed by atoms with Crippen molar-refractivity contribution >= 4 is 27.5 Å². The third-order valence-corrected chi connectivity index (χ3v) is 6.26. The van der Waals surface area contributed by atoms with Crippen LogP contribution in [-0.2, 0) is 9.53 Å². The molecule has 0 bridgehead atoms. The molecule has 2 atom stereocenters. The first-order valence-corrected chi connectivity index (χ1v) is 9.89. The van der Waals surface area contributed by atoms with Crippen molar-refractivity contribution in [3.8, 4) is 0 Å². The Balaban J connectivity index is 1.48. The number of hydrogen-bond donors (Lipinski definition) is 0. The van der Waals surface area contributed by atoms with Crippen molar-refractivity contribution in [3.05, 3.63) is 29.3 Å². The number of rotatable bonds is 4. The Bertz CT molecular complexity index is 675. The summed E-state index contributed by atoms with van der Waals surface area (Å²) in [4.78, 5) is 19.7. The molecule has 128 valence electrons. The lowest BCUT2D eigenvalue weighted by Crippen LogP contribution is -2.38. The molecule has 24 heavy (non-hydrogen) atoms. The lowest BCUT2D eigenvalue weighted by atomic mass is 10.0. The molecule has 4 nitrogen and oxygen atoms in total. The summed E-state index contributed by atoms with van der Waals surface area (Å²) in [7, 11) is 0. The maximum absolute atomic E-state index is 12.8. The molecule has 0 aliphatic carbocycles. The maximum Gasteiger partial charge on any atom is 0.223 e. The standard InChI is InChI=1S/C19H24N2O2S/c22-18(11-10-14-6-5-13-23-14)21-12-4-3-8-16(21)19-20-15-7-1-2-9-17(15)24-19/h1-2,7,9,14,16H,3-6,8,10-13H2/t14-,16-/m0/s1. The van der Waals surface area contributed by atoms with E-state index in [1.165, 1.54) is 11.1 Å². The minimum atomic E-state index is 0.160. The fraction of sp³-hybridized carbons (Fsp3) is 0.579. The van der Waals surface area contributed by atoms with Crippen molar-refractivity contribution in [2.75, 3.05) is 13.2 Å². The highest BCUT2D eigenvalue weighted by Crippen LogP contribution is 2.36. The van der Waals surface area contributed by atoms with Gasteiger partial charge in [-0.25, -0.2) is 4.98 Å². The molecule has 2 saturated heterocycles. The fourth-order valence-corrected chi connectivity index (χ4v) is 4.93. The van der Waals surface area contributed by atoms with Gasteiger partial charge in [0, 0.05) is 19.6 Å². The van der Waals surface area contributed by atoms with Crippen molar-refractivity contribution in [1.82, 2.24) is 9.88 Å². The Hall–Kier alpha value is -1.46. The molecule has 2 aliphatic heterocycles. The largest absolute Gasteiger partial charge is 0.378 e. The quantitative estimate of drug-likeness (QED) is 0.830. The molecule has 3 heterocycles. The number of amides is 1. The van der Waals surface area contributed by atoms with Gasteiger partial charge < -0.3 is 9.64 Å². The number of benzene rings is 1. The highest BCUT2D eigenvalue weighted by atomic mass is 32.1. The molecule has 4 rings (SSSR count). The number of para-hydroxylation sites is 1. The number of hydrogen-bond acceptors (Lipinski definition) is 4. The highest BCUT2D eigenvalue weighted by Gasteiger charge is 2.30. The summed E-state index contributed by atoms with van der Waals surface area (Å²) in [5, 5.41) is 1.10. The van der Waals surface area contributed by atoms with Crippen molar-refractivity contribution in [3.63, 3.8) is 0 Å². The topological polar surface area (TPSA) is 42.4 Å². The molecule has 1 amide bonds. The Kier molecular flexibility index (Phi) is 4.81. The van der Waals surface area contributed by atoms with Gasteiger partial charge in [0.25, 0.3) is 0 Å². The zero-order valence-corrected chi connectivity index (χ0v) is 14.8. The monoisotopic (exact) mass is 344 g/mol. The minimum absolute atomic E-state index is 0.160. The van der Waals surface area contributed by atoms with Crippen LogP contribution in [0.1, 0.15) is 56.0 Å². The van der Waals surface area contributed by atoms with Gasteiger partial charge >= 0.3 is 0 Å². The molecule has 2 fully saturated rings. The summed E-state index contributed by atoms with van der Waals surface area (Å²) in [6, 6.07) is 8.41. The highest BCUT2D eigenvalue weighted by molar-refractivity contribution is 7.18. The van der Waals surface area contributed by atoms with Crippen LogP contribution in [0.4, 0.5) is 0 Å². The van der Waals surface area contributed by atoms with E-state index in [1.54, 1.807) is 11.3 Å². The second-order valence-corrected chi connectivity index (χ2v) is 7.85. The molecule has 5 heteroatoms. The molecule has 0 spiro atoms. The van der Waals surface area contributed by atoms with E-state index in [1.807, 2.05) is 6.07 Å². The van der Waals surface area contributed by atoms with Crippen LogP contribution >= 0.6 is 11.3 Å². The molecule has 0 radical (unpaired) electrons. The van der Waals surface area contributed by atoms with E-state index in [9.17, 15) is 4.79 Å². The van der Waals surface area contributed by atoms with Crippen LogP contribution in [0, 0.1) is 0 Å². The first-order chi connectivity index (χ1) is 11.8. The molecule has 0 saturated carbocycles. The zero-order valence-electron chi connectivity index (χ0n) is 13.9. The van der Waals surface area contributed by atoms with Gasteiger partial charge in [0.05, 0.1) is 22.4 Å². The second kappa shape index (κ2) is 7.19. The smallest absolute Gasteiger partial charge is 0.223 e. The molecule has 2 aliphatic rings. The van der Waals surface area contributed by atoms with Crippen molar-refractivity contribution in [2.45, 2.75) is 57.1 Å². The third-order valence-electron chi connectivity index (χ3n) is 5.12. The van der Waals surface area contributed by atoms with E-state index < -0.39 is 0 Å². The van der Waals surface area contributed by atoms with Gasteiger partial charge in [0.15, 0.2) is 0 Å². The maximum atomic E-state index is 12.8. The SMILES string of the molecule is O=C(CC[C@@H]1CCCO1)N1CCCC[C@H]1c1nc2ccccc2s1. The molecular weight excluding hydrogens is 320 g/mol. The van der Waals surface area contributed by atoms with E-state index in [2.05, 4.69) is 23.1 Å². The summed E-state index contributed by atoms with van der Waals surface area (Å²) in [6.07, 6.45) is 7.31. The molecule has 1 aromatic carbocycles. The van der Waals surface area contributed by atoms with Gasteiger partial charge in [-0.2, -0.15) is 0 Å². The number of likely N-dealkylation sites (tertiary alicyclic amines) is 1. The average molecular weight is 344 g/mol. The molecule has 0 unspecified atom stereocenters. The predicted molar refractivity (Wildman–Crippen MR) is 96.1 cm³/mol. The Labute approximate surface area is 146 Å². The number of thiazole rings is 1. The van der Waals surface area contributed by atoms with Gasteiger partial charge in [-0.3, -0.25) is 4.79 Å². The van der Waals surface area contributed by atoms with Crippen LogP contribution in [-0.4, -0.2) is 35.0 Å². The van der Waals surface area contributed by atoms with Crippen molar-refractivity contribution in [1.29, 1.82) is 0 Å². The summed E-state index contributed by atoms with van der Waals surface area (Å²) >= 11 is 1.74. The van der Waals surface area contributed by atoms with Crippen LogP contribution in [0.3, 0.4) is 0 Å². The van der Waals surface area contributed by atoms with Crippen molar-refractivity contribution < 1.29 is 9.53 Å². The van der Waals surface area contributed by atoms with E-state index in [-0.39, 0.29) is 11.9 Å². The van der Waals surface area contributed by atoms with Crippen LogP contribution in [0.2, 0.25) is 0 Å². The van der Waals surface area contributed by atoms with E-state index in [0.717, 1.165) is 55.8 Å². The first-order valence-electron chi connectivity index (χ1n) is 9.08. The van der Waals surface area contributed by atoms with Crippen LogP contribution in [0.5, 0.6) is 0 Å². The summed E-state index contributed by atoms with van der Waals surface area (Å²) in [5.41, 5.74) is 1.05. The van der Waals surface area contributed by atoms with E-state index in [0.29, 0.717) is 12.5 Å². The molecule has 2 aromatic rings. The molecular formula is C19H24N2O2S. The number of nitrogens with zero attached hydrogens (tertiary/aromatic N) is 2. The van der Waals surface area contributed by atoms with E-state index >= 15 is 0 Å². The number of carbonyl (C=O) groups excluding carboxylic acids is 1. The predicted octanol–water partition coefficient (Wildman–Crippen LogP) is 4.31. The summed E-state index contributed by atoms with van der Waals surface area (Å²) in [6.45, 7) is 1.72. The van der Waals surface area contributed by atoms with Gasteiger partial charge in [-0.05, 0) is 50.7 Å². The summed E-state index contributed by atoms with van der Waals surface area (Å²) in [5.74, 6) is 0.273. The molecule has 0 N–H and O–H groups in total. The molecule has 1 aromatic heterocycles. The Morgan fingerprint density at radius 3 is 3.00 bits per heavy atom. The van der Waals surface area contributed by atoms with Crippen LogP contribution in [0.25, 0.3) is 10.2 Å². The number of aromatic nitrogens is 1. The Morgan fingerprint density at radius 2 is 2.17 bits per heavy atom. The number of piperidine rings is 1. The average Bonchev–Trinajstić information content (AvgIpc) is 3.29. The third kappa shape index (κ3) is 3.33. The van der Waals surface area contributed by atoms with Gasteiger partial charge in [-0.1, -0.05) is 12.1 Å². The number of carbonyl (C=O) groups is 1. The zero-order chi connectivity index (χ0) is 16.4. The van der Waals surface area contributed by atoms with Crippen LogP contribution < -0.4 is 0 Å². The Morgan fingerprint density at radius 1 is 1.25 bits per heavy atom. The van der Waals surface area contributed by atoms with E-state index in [4.69, 9.17) is 9.72 Å². The van der Waals surface area contributed by atoms with Crippen molar-refractivity contribution in [2.24, 2.45) is 0 Å². The number of fused-ring (bicyclic) bond motifs is 1. The lowest BCUT2D eigenvalue weighted by Gasteiger charge is -2.34. The number of ether oxygens (including phenoxy) is 1. The minimum Gasteiger partial charge on any atom is -0.378 e. The fourth-order valence-electron chi connectivity index (χ4n) is 3.82. The normalized spacial score (nSPS) is 24.6. The first kappa shape index (κ1) is 16.0. The van der Waals surface area contributed by atoms with Gasteiger partial charge in [0.2, 0.25) is 5.91 Å².